The van der Waals surface area contributed by atoms with Crippen LogP contribution in [-0.2, 0) is 28.0 Å². The summed E-state index contributed by atoms with van der Waals surface area (Å²) in [5.41, 5.74) is 5.26. The first kappa shape index (κ1) is 15.4. The first-order chi connectivity index (χ1) is 12.8. The molecule has 1 saturated heterocycles. The fourth-order valence-corrected chi connectivity index (χ4v) is 4.74. The monoisotopic (exact) mass is 340 g/mol. The molecular formula is C24H20O2. The Morgan fingerprint density at radius 3 is 1.88 bits per heavy atom. The highest BCUT2D eigenvalue weighted by Crippen LogP contribution is 2.54. The molecule has 1 atom stereocenters. The summed E-state index contributed by atoms with van der Waals surface area (Å²) in [6.07, 6.45) is 2.34. The lowest BCUT2D eigenvalue weighted by molar-refractivity contribution is -0.146. The number of rotatable bonds is 1. The smallest absolute Gasteiger partial charge is 0.307 e. The van der Waals surface area contributed by atoms with Crippen LogP contribution in [0.1, 0.15) is 40.2 Å². The van der Waals surface area contributed by atoms with Gasteiger partial charge in [0.2, 0.25) is 0 Å². The van der Waals surface area contributed by atoms with Gasteiger partial charge >= 0.3 is 5.97 Å². The van der Waals surface area contributed by atoms with E-state index >= 15 is 0 Å². The van der Waals surface area contributed by atoms with Gasteiger partial charge in [-0.1, -0.05) is 78.9 Å². The molecule has 1 aliphatic heterocycles. The van der Waals surface area contributed by atoms with Crippen molar-refractivity contribution in [1.82, 2.24) is 0 Å². The second-order valence-corrected chi connectivity index (χ2v) is 7.19. The Hall–Kier alpha value is -2.87. The Labute approximate surface area is 153 Å². The summed E-state index contributed by atoms with van der Waals surface area (Å²) in [5, 5.41) is 0. The zero-order chi connectivity index (χ0) is 17.6. The molecule has 0 bridgehead atoms. The third-order valence-electron chi connectivity index (χ3n) is 5.84. The minimum absolute atomic E-state index is 0.0170. The highest BCUT2D eigenvalue weighted by molar-refractivity contribution is 5.77. The molecule has 1 aliphatic carbocycles. The van der Waals surface area contributed by atoms with Gasteiger partial charge in [-0.05, 0) is 29.5 Å². The second-order valence-electron chi connectivity index (χ2n) is 7.19. The molecule has 5 rings (SSSR count). The Balaban J connectivity index is 1.84. The van der Waals surface area contributed by atoms with E-state index in [9.17, 15) is 4.79 Å². The van der Waals surface area contributed by atoms with Crippen LogP contribution in [0.15, 0.2) is 78.9 Å². The average Bonchev–Trinajstić information content (AvgIpc) is 2.98. The number of carbonyl (C=O) groups excluding carboxylic acids is 1. The van der Waals surface area contributed by atoms with E-state index < -0.39 is 5.60 Å². The van der Waals surface area contributed by atoms with Crippen LogP contribution in [0.25, 0.3) is 0 Å². The number of fused-ring (bicyclic) bond motifs is 4. The van der Waals surface area contributed by atoms with Crippen molar-refractivity contribution in [2.75, 3.05) is 0 Å². The molecule has 2 heteroatoms. The Bertz CT molecular complexity index is 927. The van der Waals surface area contributed by atoms with Crippen LogP contribution in [0.4, 0.5) is 0 Å². The van der Waals surface area contributed by atoms with E-state index in [0.29, 0.717) is 6.42 Å². The van der Waals surface area contributed by atoms with Crippen LogP contribution < -0.4 is 0 Å². The Morgan fingerprint density at radius 2 is 1.27 bits per heavy atom. The van der Waals surface area contributed by atoms with Gasteiger partial charge in [-0.15, -0.1) is 0 Å². The van der Waals surface area contributed by atoms with Gasteiger partial charge in [0.15, 0.2) is 5.60 Å². The first-order valence-corrected chi connectivity index (χ1v) is 9.22. The van der Waals surface area contributed by atoms with Gasteiger partial charge < -0.3 is 4.74 Å². The topological polar surface area (TPSA) is 26.3 Å². The predicted octanol–water partition coefficient (Wildman–Crippen LogP) is 4.76. The molecule has 1 spiro atoms. The van der Waals surface area contributed by atoms with Gasteiger partial charge in [-0.25, -0.2) is 0 Å². The molecule has 3 aromatic rings. The van der Waals surface area contributed by atoms with E-state index in [1.54, 1.807) is 0 Å². The third-order valence-corrected chi connectivity index (χ3v) is 5.84. The summed E-state index contributed by atoms with van der Waals surface area (Å²) in [6, 6.07) is 27.3. The van der Waals surface area contributed by atoms with Crippen LogP contribution >= 0.6 is 0 Å². The number of hydrogen-bond acceptors (Lipinski definition) is 2. The fraction of sp³-hybridized carbons (Fsp3) is 0.208. The molecule has 0 unspecified atom stereocenters. The summed E-state index contributed by atoms with van der Waals surface area (Å²) in [7, 11) is 0. The van der Waals surface area contributed by atoms with E-state index in [2.05, 4.69) is 60.7 Å². The van der Waals surface area contributed by atoms with Crippen LogP contribution in [0.5, 0.6) is 0 Å². The van der Waals surface area contributed by atoms with Crippen LogP contribution in [-0.4, -0.2) is 5.97 Å². The summed E-state index contributed by atoms with van der Waals surface area (Å²) in [6.45, 7) is 0. The summed E-state index contributed by atoms with van der Waals surface area (Å²) in [5.74, 6) is -0.137. The number of ether oxygens (including phenoxy) is 1. The van der Waals surface area contributed by atoms with Gasteiger partial charge in [0.05, 0.1) is 6.42 Å². The normalized spacial score (nSPS) is 20.2. The molecule has 0 radical (unpaired) electrons. The molecule has 0 aromatic heterocycles. The minimum atomic E-state index is -0.734. The highest BCUT2D eigenvalue weighted by Gasteiger charge is 2.54. The maximum Gasteiger partial charge on any atom is 0.307 e. The molecule has 2 aliphatic rings. The van der Waals surface area contributed by atoms with E-state index in [0.717, 1.165) is 29.5 Å². The van der Waals surface area contributed by atoms with Crippen molar-refractivity contribution in [3.63, 3.8) is 0 Å². The van der Waals surface area contributed by atoms with Crippen molar-refractivity contribution in [2.24, 2.45) is 0 Å². The van der Waals surface area contributed by atoms with Crippen molar-refractivity contribution in [3.8, 4) is 0 Å². The zero-order valence-electron chi connectivity index (χ0n) is 14.5. The maximum atomic E-state index is 12.6. The standard InChI is InChI=1S/C24H20O2/c25-23-16-22(17-8-2-1-3-9-17)24(26-23)20-12-6-4-10-18(20)14-15-19-11-5-7-13-21(19)24/h1-13,22H,14-16H2/t22-/m0/s1. The van der Waals surface area contributed by atoms with Crippen molar-refractivity contribution in [1.29, 1.82) is 0 Å². The van der Waals surface area contributed by atoms with E-state index in [-0.39, 0.29) is 11.9 Å². The molecule has 128 valence electrons. The van der Waals surface area contributed by atoms with Gasteiger partial charge in [0, 0.05) is 17.0 Å². The molecule has 3 aromatic carbocycles. The van der Waals surface area contributed by atoms with Gasteiger partial charge in [0.25, 0.3) is 0 Å². The molecule has 1 heterocycles. The molecular weight excluding hydrogens is 320 g/mol. The molecule has 0 amide bonds. The van der Waals surface area contributed by atoms with Crippen molar-refractivity contribution >= 4 is 5.97 Å². The lowest BCUT2D eigenvalue weighted by Crippen LogP contribution is -2.34. The SMILES string of the molecule is O=C1C[C@@H](c2ccccc2)C2(O1)c1ccccc1CCc1ccccc12. The number of carbonyl (C=O) groups is 1. The quantitative estimate of drug-likeness (QED) is 0.597. The van der Waals surface area contributed by atoms with Crippen molar-refractivity contribution in [2.45, 2.75) is 30.8 Å². The minimum Gasteiger partial charge on any atom is -0.448 e. The van der Waals surface area contributed by atoms with Crippen LogP contribution in [0, 0.1) is 0 Å². The molecule has 1 fully saturated rings. The van der Waals surface area contributed by atoms with E-state index in [1.807, 2.05) is 18.2 Å². The fourth-order valence-electron chi connectivity index (χ4n) is 4.74. The average molecular weight is 340 g/mol. The summed E-state index contributed by atoms with van der Waals surface area (Å²) in [4.78, 5) is 12.6. The number of hydrogen-bond donors (Lipinski definition) is 0. The van der Waals surface area contributed by atoms with Gasteiger partial charge in [0.1, 0.15) is 0 Å². The molecule has 0 N–H and O–H groups in total. The van der Waals surface area contributed by atoms with Gasteiger partial charge in [-0.3, -0.25) is 4.79 Å². The molecule has 0 saturated carbocycles. The Kier molecular flexibility index (Phi) is 3.46. The lowest BCUT2D eigenvalue weighted by Gasteiger charge is -2.36. The first-order valence-electron chi connectivity index (χ1n) is 9.22. The summed E-state index contributed by atoms with van der Waals surface area (Å²) < 4.78 is 6.25. The Morgan fingerprint density at radius 1 is 0.731 bits per heavy atom. The largest absolute Gasteiger partial charge is 0.448 e. The number of benzene rings is 3. The van der Waals surface area contributed by atoms with Crippen molar-refractivity contribution in [3.05, 3.63) is 107 Å². The van der Waals surface area contributed by atoms with Crippen molar-refractivity contribution < 1.29 is 9.53 Å². The summed E-state index contributed by atoms with van der Waals surface area (Å²) >= 11 is 0. The zero-order valence-corrected chi connectivity index (χ0v) is 14.5. The number of aryl methyl sites for hydroxylation is 2. The van der Waals surface area contributed by atoms with E-state index in [4.69, 9.17) is 4.74 Å². The van der Waals surface area contributed by atoms with Gasteiger partial charge in [-0.2, -0.15) is 0 Å². The highest BCUT2D eigenvalue weighted by atomic mass is 16.6. The maximum absolute atomic E-state index is 12.6. The molecule has 2 nitrogen and oxygen atoms in total. The van der Waals surface area contributed by atoms with E-state index in [1.165, 1.54) is 11.1 Å². The second kappa shape index (κ2) is 5.84. The predicted molar refractivity (Wildman–Crippen MR) is 101 cm³/mol. The van der Waals surface area contributed by atoms with Crippen LogP contribution in [0.3, 0.4) is 0 Å². The number of esters is 1. The molecule has 26 heavy (non-hydrogen) atoms. The van der Waals surface area contributed by atoms with Crippen LogP contribution in [0.2, 0.25) is 0 Å². The lowest BCUT2D eigenvalue weighted by atomic mass is 9.72. The third kappa shape index (κ3) is 2.15.